The van der Waals surface area contributed by atoms with Crippen LogP contribution in [0.15, 0.2) is 30.5 Å². The predicted molar refractivity (Wildman–Crippen MR) is 162 cm³/mol. The molecule has 2 saturated carbocycles. The molecule has 0 radical (unpaired) electrons. The number of fused-ring (bicyclic) bond motifs is 1. The van der Waals surface area contributed by atoms with E-state index < -0.39 is 5.60 Å². The van der Waals surface area contributed by atoms with Crippen molar-refractivity contribution in [2.24, 2.45) is 11.8 Å². The Bertz CT molecular complexity index is 1330. The first-order chi connectivity index (χ1) is 19.1. The normalized spacial score (nSPS) is 17.6. The molecule has 8 nitrogen and oxygen atoms in total. The number of aromatic nitrogens is 3. The van der Waals surface area contributed by atoms with Gasteiger partial charge in [0.15, 0.2) is 5.65 Å². The third kappa shape index (κ3) is 6.60. The Morgan fingerprint density at radius 3 is 2.45 bits per heavy atom. The number of hydrogen-bond donors (Lipinski definition) is 4. The molecule has 2 heterocycles. The number of anilines is 2. The fourth-order valence-corrected chi connectivity index (χ4v) is 6.08. The van der Waals surface area contributed by atoms with Crippen molar-refractivity contribution in [2.45, 2.75) is 104 Å². The van der Waals surface area contributed by atoms with Gasteiger partial charge in [-0.05, 0) is 75.5 Å². The number of rotatable bonds is 10. The van der Waals surface area contributed by atoms with Crippen molar-refractivity contribution in [1.29, 1.82) is 0 Å². The Balaban J connectivity index is 1.49. The molecule has 2 fully saturated rings. The highest BCUT2D eigenvalue weighted by molar-refractivity contribution is 5.97. The van der Waals surface area contributed by atoms with E-state index in [9.17, 15) is 9.90 Å². The lowest BCUT2D eigenvalue weighted by atomic mass is 9.89. The van der Waals surface area contributed by atoms with Crippen LogP contribution in [0, 0.1) is 18.8 Å². The largest absolute Gasteiger partial charge is 0.388 e. The van der Waals surface area contributed by atoms with Crippen LogP contribution in [-0.2, 0) is 0 Å². The van der Waals surface area contributed by atoms with Crippen LogP contribution in [0.5, 0.6) is 0 Å². The zero-order valence-corrected chi connectivity index (χ0v) is 24.8. The molecule has 1 atom stereocenters. The number of aryl methyl sites for hydroxylation is 1. The Morgan fingerprint density at radius 2 is 1.82 bits per heavy atom. The van der Waals surface area contributed by atoms with Gasteiger partial charge in [0, 0.05) is 29.8 Å². The molecule has 4 N–H and O–H groups in total. The maximum Gasteiger partial charge on any atom is 0.251 e. The van der Waals surface area contributed by atoms with Crippen molar-refractivity contribution in [2.75, 3.05) is 17.2 Å². The Kier molecular flexibility index (Phi) is 8.36. The summed E-state index contributed by atoms with van der Waals surface area (Å²) in [6.07, 6.45) is 11.8. The highest BCUT2D eigenvalue weighted by atomic mass is 16.3. The fourth-order valence-electron chi connectivity index (χ4n) is 6.08. The fraction of sp³-hybridized carbons (Fsp3) is 0.594. The van der Waals surface area contributed by atoms with Gasteiger partial charge in [-0.2, -0.15) is 9.61 Å². The minimum atomic E-state index is -0.924. The van der Waals surface area contributed by atoms with Crippen LogP contribution in [0.25, 0.3) is 16.8 Å². The standard InChI is InChI=1S/C32H46N6O2/c1-20(2)29(32(4,5)40)36-27-17-28(33-18-22-10-8-6-7-9-11-22)38-30(37-27)26(19-34-38)23-12-15-25(21(3)16-23)31(39)35-24-13-14-24/h12,15-17,19-20,22,24,29,33,40H,6-11,13-14,18H2,1-5H3,(H,35,39)(H,36,37)/t29-/m0/s1. The van der Waals surface area contributed by atoms with E-state index >= 15 is 0 Å². The van der Waals surface area contributed by atoms with Gasteiger partial charge in [0.2, 0.25) is 0 Å². The molecule has 40 heavy (non-hydrogen) atoms. The van der Waals surface area contributed by atoms with Crippen LogP contribution in [0.2, 0.25) is 0 Å². The number of nitrogens with one attached hydrogen (secondary N) is 3. The number of aliphatic hydroxyl groups is 1. The van der Waals surface area contributed by atoms with Gasteiger partial charge in [-0.25, -0.2) is 4.98 Å². The molecule has 2 aliphatic rings. The second-order valence-corrected chi connectivity index (χ2v) is 12.9. The number of amides is 1. The summed E-state index contributed by atoms with van der Waals surface area (Å²) >= 11 is 0. The van der Waals surface area contributed by atoms with Crippen molar-refractivity contribution in [3.05, 3.63) is 41.6 Å². The van der Waals surface area contributed by atoms with Gasteiger partial charge in [0.25, 0.3) is 5.91 Å². The third-order valence-corrected chi connectivity index (χ3v) is 8.44. The summed E-state index contributed by atoms with van der Waals surface area (Å²) < 4.78 is 1.88. The van der Waals surface area contributed by atoms with Gasteiger partial charge < -0.3 is 21.1 Å². The Morgan fingerprint density at radius 1 is 1.10 bits per heavy atom. The highest BCUT2D eigenvalue weighted by Crippen LogP contribution is 2.31. The smallest absolute Gasteiger partial charge is 0.251 e. The third-order valence-electron chi connectivity index (χ3n) is 8.44. The minimum Gasteiger partial charge on any atom is -0.388 e. The average Bonchev–Trinajstić information content (AvgIpc) is 3.66. The van der Waals surface area contributed by atoms with Crippen molar-refractivity contribution in [1.82, 2.24) is 19.9 Å². The zero-order chi connectivity index (χ0) is 28.4. The second-order valence-electron chi connectivity index (χ2n) is 12.9. The van der Waals surface area contributed by atoms with E-state index in [-0.39, 0.29) is 17.9 Å². The lowest BCUT2D eigenvalue weighted by molar-refractivity contribution is 0.0440. The van der Waals surface area contributed by atoms with Crippen LogP contribution < -0.4 is 16.0 Å². The number of hydrogen-bond acceptors (Lipinski definition) is 6. The zero-order valence-electron chi connectivity index (χ0n) is 24.8. The van der Waals surface area contributed by atoms with Gasteiger partial charge >= 0.3 is 0 Å². The van der Waals surface area contributed by atoms with E-state index in [4.69, 9.17) is 10.1 Å². The van der Waals surface area contributed by atoms with Gasteiger partial charge in [-0.1, -0.05) is 51.7 Å². The average molecular weight is 547 g/mol. The topological polar surface area (TPSA) is 104 Å². The van der Waals surface area contributed by atoms with E-state index in [0.717, 1.165) is 47.5 Å². The van der Waals surface area contributed by atoms with E-state index in [1.807, 2.05) is 55.7 Å². The monoisotopic (exact) mass is 546 g/mol. The Hall–Kier alpha value is -3.13. The molecule has 3 aromatic rings. The van der Waals surface area contributed by atoms with Crippen molar-refractivity contribution < 1.29 is 9.90 Å². The number of benzene rings is 1. The summed E-state index contributed by atoms with van der Waals surface area (Å²) in [5.74, 6) is 2.43. The molecule has 0 bridgehead atoms. The summed E-state index contributed by atoms with van der Waals surface area (Å²) in [6, 6.07) is 8.09. The van der Waals surface area contributed by atoms with Crippen LogP contribution in [0.1, 0.15) is 95.0 Å². The number of carbonyl (C=O) groups is 1. The van der Waals surface area contributed by atoms with E-state index in [0.29, 0.717) is 23.3 Å². The lowest BCUT2D eigenvalue weighted by Gasteiger charge is -2.33. The summed E-state index contributed by atoms with van der Waals surface area (Å²) in [7, 11) is 0. The molecule has 5 rings (SSSR count). The first kappa shape index (κ1) is 28.4. The summed E-state index contributed by atoms with van der Waals surface area (Å²) in [5.41, 5.74) is 3.32. The summed E-state index contributed by atoms with van der Waals surface area (Å²) in [6.45, 7) is 10.8. The van der Waals surface area contributed by atoms with Gasteiger partial charge in [0.1, 0.15) is 11.6 Å². The minimum absolute atomic E-state index is 0.00707. The molecular weight excluding hydrogens is 500 g/mol. The first-order valence-electron chi connectivity index (χ1n) is 15.1. The van der Waals surface area contributed by atoms with E-state index in [2.05, 4.69) is 29.8 Å². The van der Waals surface area contributed by atoms with Crippen LogP contribution in [0.3, 0.4) is 0 Å². The molecule has 8 heteroatoms. The predicted octanol–water partition coefficient (Wildman–Crippen LogP) is 6.19. The molecule has 2 aromatic heterocycles. The number of nitrogens with zero attached hydrogens (tertiary/aromatic N) is 3. The molecule has 2 aliphatic carbocycles. The number of carbonyl (C=O) groups excluding carboxylic acids is 1. The van der Waals surface area contributed by atoms with Gasteiger partial charge in [0.05, 0.1) is 17.8 Å². The molecule has 216 valence electrons. The van der Waals surface area contributed by atoms with E-state index in [1.54, 1.807) is 0 Å². The maximum absolute atomic E-state index is 12.7. The van der Waals surface area contributed by atoms with Crippen molar-refractivity contribution in [3.8, 4) is 11.1 Å². The molecule has 0 spiro atoms. The molecule has 0 aliphatic heterocycles. The molecular formula is C32H46N6O2. The van der Waals surface area contributed by atoms with Crippen molar-refractivity contribution in [3.63, 3.8) is 0 Å². The molecule has 0 saturated heterocycles. The SMILES string of the molecule is Cc1cc(-c2cnn3c(NCC4CCCCCC4)cc(N[C@@H](C(C)C)C(C)(C)O)nc23)ccc1C(=O)NC1CC1. The molecule has 1 aromatic carbocycles. The first-order valence-corrected chi connectivity index (χ1v) is 15.1. The second kappa shape index (κ2) is 11.8. The van der Waals surface area contributed by atoms with Crippen LogP contribution in [-0.4, -0.2) is 49.8 Å². The molecule has 1 amide bonds. The lowest BCUT2D eigenvalue weighted by Crippen LogP contribution is -2.45. The quantitative estimate of drug-likeness (QED) is 0.226. The summed E-state index contributed by atoms with van der Waals surface area (Å²) in [4.78, 5) is 17.7. The van der Waals surface area contributed by atoms with Crippen LogP contribution in [0.4, 0.5) is 11.6 Å². The maximum atomic E-state index is 12.7. The van der Waals surface area contributed by atoms with Gasteiger partial charge in [-0.3, -0.25) is 4.79 Å². The Labute approximate surface area is 238 Å². The van der Waals surface area contributed by atoms with Gasteiger partial charge in [-0.15, -0.1) is 0 Å². The van der Waals surface area contributed by atoms with Crippen molar-refractivity contribution >= 4 is 23.2 Å². The summed E-state index contributed by atoms with van der Waals surface area (Å²) in [5, 5.41) is 26.0. The highest BCUT2D eigenvalue weighted by Gasteiger charge is 2.30. The molecule has 0 unspecified atom stereocenters. The van der Waals surface area contributed by atoms with Crippen LogP contribution >= 0.6 is 0 Å². The van der Waals surface area contributed by atoms with E-state index in [1.165, 1.54) is 38.5 Å².